The van der Waals surface area contributed by atoms with E-state index < -0.39 is 0 Å². The highest BCUT2D eigenvalue weighted by atomic mass is 16.5. The molecular weight excluding hydrogens is 188 g/mol. The van der Waals surface area contributed by atoms with Crippen LogP contribution in [0.4, 0.5) is 0 Å². The number of benzene rings is 1. The van der Waals surface area contributed by atoms with Crippen molar-refractivity contribution in [3.63, 3.8) is 0 Å². The molecule has 80 valence electrons. The van der Waals surface area contributed by atoms with Gasteiger partial charge >= 0.3 is 0 Å². The largest absolute Gasteiger partial charge is 0.492 e. The second-order valence-corrected chi connectivity index (χ2v) is 3.67. The number of ether oxygens (including phenoxy) is 1. The molecule has 3 nitrogen and oxygen atoms in total. The lowest BCUT2D eigenvalue weighted by molar-refractivity contribution is 0.230. The standard InChI is InChI=1S/C12H16N2O/c1-13-7-8-14(11-13)9-10-15-12-5-3-2-4-6-12/h2-8H,9-11H2,1H3. The van der Waals surface area contributed by atoms with E-state index in [2.05, 4.69) is 29.2 Å². The first kappa shape index (κ1) is 9.90. The van der Waals surface area contributed by atoms with Crippen LogP contribution in [0, 0.1) is 0 Å². The van der Waals surface area contributed by atoms with Gasteiger partial charge in [-0.2, -0.15) is 0 Å². The van der Waals surface area contributed by atoms with Gasteiger partial charge in [-0.1, -0.05) is 18.2 Å². The Balaban J connectivity index is 1.70. The van der Waals surface area contributed by atoms with Crippen LogP contribution in [0.15, 0.2) is 42.7 Å². The van der Waals surface area contributed by atoms with Gasteiger partial charge in [-0.3, -0.25) is 0 Å². The maximum absolute atomic E-state index is 5.61. The van der Waals surface area contributed by atoms with E-state index in [1.807, 2.05) is 30.3 Å². The molecule has 15 heavy (non-hydrogen) atoms. The quantitative estimate of drug-likeness (QED) is 0.743. The van der Waals surface area contributed by atoms with E-state index in [1.165, 1.54) is 0 Å². The van der Waals surface area contributed by atoms with E-state index in [9.17, 15) is 0 Å². The molecule has 1 aliphatic heterocycles. The highest BCUT2D eigenvalue weighted by Crippen LogP contribution is 2.09. The lowest BCUT2D eigenvalue weighted by Crippen LogP contribution is -2.26. The molecule has 0 N–H and O–H groups in total. The predicted octanol–water partition coefficient (Wildman–Crippen LogP) is 1.74. The van der Waals surface area contributed by atoms with Crippen LogP contribution in [0.2, 0.25) is 0 Å². The van der Waals surface area contributed by atoms with E-state index in [-0.39, 0.29) is 0 Å². The Hall–Kier alpha value is -1.64. The van der Waals surface area contributed by atoms with Crippen molar-refractivity contribution in [3.05, 3.63) is 42.7 Å². The molecular formula is C12H16N2O. The van der Waals surface area contributed by atoms with Crippen molar-refractivity contribution in [2.45, 2.75) is 0 Å². The van der Waals surface area contributed by atoms with Crippen molar-refractivity contribution in [3.8, 4) is 5.75 Å². The Morgan fingerprint density at radius 1 is 1.20 bits per heavy atom. The van der Waals surface area contributed by atoms with Gasteiger partial charge in [0, 0.05) is 19.4 Å². The van der Waals surface area contributed by atoms with Gasteiger partial charge < -0.3 is 14.5 Å². The van der Waals surface area contributed by atoms with Crippen LogP contribution in [0.5, 0.6) is 5.75 Å². The SMILES string of the molecule is CN1C=CN(CCOc2ccccc2)C1. The van der Waals surface area contributed by atoms with Crippen molar-refractivity contribution < 1.29 is 4.74 Å². The summed E-state index contributed by atoms with van der Waals surface area (Å²) in [6, 6.07) is 9.92. The first-order valence-corrected chi connectivity index (χ1v) is 5.15. The molecule has 0 aliphatic carbocycles. The smallest absolute Gasteiger partial charge is 0.119 e. The van der Waals surface area contributed by atoms with Crippen LogP contribution in [0.1, 0.15) is 0 Å². The van der Waals surface area contributed by atoms with Gasteiger partial charge in [-0.15, -0.1) is 0 Å². The fraction of sp³-hybridized carbons (Fsp3) is 0.333. The molecule has 3 heteroatoms. The van der Waals surface area contributed by atoms with Gasteiger partial charge in [0.05, 0.1) is 13.2 Å². The summed E-state index contributed by atoms with van der Waals surface area (Å²) in [7, 11) is 2.06. The monoisotopic (exact) mass is 204 g/mol. The van der Waals surface area contributed by atoms with Gasteiger partial charge in [-0.05, 0) is 12.1 Å². The summed E-state index contributed by atoms with van der Waals surface area (Å²) >= 11 is 0. The second kappa shape index (κ2) is 4.73. The minimum atomic E-state index is 0.724. The predicted molar refractivity (Wildman–Crippen MR) is 60.4 cm³/mol. The van der Waals surface area contributed by atoms with Crippen molar-refractivity contribution in [2.75, 3.05) is 26.9 Å². The molecule has 0 saturated carbocycles. The zero-order chi connectivity index (χ0) is 10.5. The van der Waals surface area contributed by atoms with Gasteiger partial charge in [-0.25, -0.2) is 0 Å². The maximum Gasteiger partial charge on any atom is 0.119 e. The molecule has 1 aromatic rings. The summed E-state index contributed by atoms with van der Waals surface area (Å²) in [5.41, 5.74) is 0. The molecule has 1 aromatic carbocycles. The van der Waals surface area contributed by atoms with Crippen LogP contribution < -0.4 is 4.74 Å². The van der Waals surface area contributed by atoms with Crippen LogP contribution in [0.3, 0.4) is 0 Å². The Bertz CT molecular complexity index is 324. The van der Waals surface area contributed by atoms with Crippen molar-refractivity contribution in [2.24, 2.45) is 0 Å². The summed E-state index contributed by atoms with van der Waals surface area (Å²) < 4.78 is 5.61. The van der Waals surface area contributed by atoms with E-state index >= 15 is 0 Å². The zero-order valence-electron chi connectivity index (χ0n) is 8.97. The molecule has 0 fully saturated rings. The van der Waals surface area contributed by atoms with Gasteiger partial charge in [0.1, 0.15) is 12.4 Å². The molecule has 0 saturated heterocycles. The molecule has 1 heterocycles. The Labute approximate surface area is 90.6 Å². The fourth-order valence-corrected chi connectivity index (χ4v) is 1.53. The summed E-state index contributed by atoms with van der Waals surface area (Å²) in [5.74, 6) is 0.939. The molecule has 0 spiro atoms. The third kappa shape index (κ3) is 2.91. The van der Waals surface area contributed by atoms with Gasteiger partial charge in [0.25, 0.3) is 0 Å². The lowest BCUT2D eigenvalue weighted by Gasteiger charge is -2.18. The summed E-state index contributed by atoms with van der Waals surface area (Å²) in [6.45, 7) is 2.61. The molecule has 2 rings (SSSR count). The molecule has 0 radical (unpaired) electrons. The topological polar surface area (TPSA) is 15.7 Å². The summed E-state index contributed by atoms with van der Waals surface area (Å²) in [4.78, 5) is 4.37. The molecule has 0 amide bonds. The highest BCUT2D eigenvalue weighted by Gasteiger charge is 2.07. The lowest BCUT2D eigenvalue weighted by atomic mass is 10.3. The fourth-order valence-electron chi connectivity index (χ4n) is 1.53. The van der Waals surface area contributed by atoms with Gasteiger partial charge in [0.2, 0.25) is 0 Å². The van der Waals surface area contributed by atoms with Crippen molar-refractivity contribution >= 4 is 0 Å². The first-order chi connectivity index (χ1) is 7.34. The zero-order valence-corrected chi connectivity index (χ0v) is 8.97. The number of rotatable bonds is 4. The average Bonchev–Trinajstić information content (AvgIpc) is 2.66. The molecule has 0 bridgehead atoms. The normalized spacial score (nSPS) is 14.7. The van der Waals surface area contributed by atoms with Crippen molar-refractivity contribution in [1.29, 1.82) is 0 Å². The van der Waals surface area contributed by atoms with Crippen molar-refractivity contribution in [1.82, 2.24) is 9.80 Å². The Kier molecular flexibility index (Phi) is 3.12. The first-order valence-electron chi connectivity index (χ1n) is 5.15. The number of nitrogens with zero attached hydrogens (tertiary/aromatic N) is 2. The van der Waals surface area contributed by atoms with E-state index in [0.29, 0.717) is 0 Å². The third-order valence-electron chi connectivity index (χ3n) is 2.33. The Morgan fingerprint density at radius 3 is 2.67 bits per heavy atom. The third-order valence-corrected chi connectivity index (χ3v) is 2.33. The van der Waals surface area contributed by atoms with Crippen LogP contribution in [-0.2, 0) is 0 Å². The molecule has 1 aliphatic rings. The number of hydrogen-bond acceptors (Lipinski definition) is 3. The number of para-hydroxylation sites is 1. The van der Waals surface area contributed by atoms with Crippen LogP contribution >= 0.6 is 0 Å². The molecule has 0 atom stereocenters. The van der Waals surface area contributed by atoms with Gasteiger partial charge in [0.15, 0.2) is 0 Å². The second-order valence-electron chi connectivity index (χ2n) is 3.67. The molecule has 0 unspecified atom stereocenters. The highest BCUT2D eigenvalue weighted by molar-refractivity contribution is 5.20. The van der Waals surface area contributed by atoms with E-state index in [1.54, 1.807) is 0 Å². The van der Waals surface area contributed by atoms with Crippen LogP contribution in [-0.4, -0.2) is 36.7 Å². The summed E-state index contributed by atoms with van der Waals surface area (Å²) in [6.07, 6.45) is 4.16. The average molecular weight is 204 g/mol. The minimum absolute atomic E-state index is 0.724. The maximum atomic E-state index is 5.61. The summed E-state index contributed by atoms with van der Waals surface area (Å²) in [5, 5.41) is 0. The molecule has 0 aromatic heterocycles. The van der Waals surface area contributed by atoms with Crippen LogP contribution in [0.25, 0.3) is 0 Å². The number of hydrogen-bond donors (Lipinski definition) is 0. The van der Waals surface area contributed by atoms with E-state index in [0.717, 1.165) is 25.6 Å². The van der Waals surface area contributed by atoms with E-state index in [4.69, 9.17) is 4.74 Å². The minimum Gasteiger partial charge on any atom is -0.492 e. The Morgan fingerprint density at radius 2 is 2.00 bits per heavy atom.